The molecule has 0 aliphatic carbocycles. The molecule has 1 aromatic carbocycles. The van der Waals surface area contributed by atoms with Gasteiger partial charge in [-0.3, -0.25) is 4.98 Å². The zero-order chi connectivity index (χ0) is 19.0. The lowest BCUT2D eigenvalue weighted by molar-refractivity contribution is 0.589. The number of aromatic nitrogens is 6. The Bertz CT molecular complexity index is 1130. The molecule has 4 aromatic rings. The van der Waals surface area contributed by atoms with Crippen molar-refractivity contribution in [3.05, 3.63) is 60.6 Å². The third kappa shape index (κ3) is 2.82. The Morgan fingerprint density at radius 1 is 0.963 bits per heavy atom. The summed E-state index contributed by atoms with van der Waals surface area (Å²) in [5, 5.41) is 11.2. The number of hydrogen-bond acceptors (Lipinski definition) is 7. The Kier molecular flexibility index (Phi) is 3.92. The first-order chi connectivity index (χ1) is 13.1. The van der Waals surface area contributed by atoms with Crippen molar-refractivity contribution < 1.29 is 8.78 Å². The van der Waals surface area contributed by atoms with Crippen LogP contribution >= 0.6 is 0 Å². The molecule has 0 aliphatic rings. The highest BCUT2D eigenvalue weighted by Gasteiger charge is 2.21. The largest absolute Gasteiger partial charge is 0.395 e. The first kappa shape index (κ1) is 16.5. The van der Waals surface area contributed by atoms with Gasteiger partial charge in [0.2, 0.25) is 0 Å². The molecule has 0 fully saturated rings. The average Bonchev–Trinajstić information content (AvgIpc) is 3.15. The molecule has 0 amide bonds. The van der Waals surface area contributed by atoms with Crippen LogP contribution in [-0.4, -0.2) is 30.2 Å². The van der Waals surface area contributed by atoms with E-state index in [1.165, 1.54) is 0 Å². The van der Waals surface area contributed by atoms with Gasteiger partial charge in [-0.1, -0.05) is 6.07 Å². The van der Waals surface area contributed by atoms with Crippen molar-refractivity contribution in [3.8, 4) is 28.2 Å². The van der Waals surface area contributed by atoms with Crippen LogP contribution in [0, 0.1) is 11.6 Å². The number of tetrazole rings is 1. The number of pyridine rings is 2. The molecule has 0 spiro atoms. The van der Waals surface area contributed by atoms with Gasteiger partial charge in [-0.2, -0.15) is 4.68 Å². The van der Waals surface area contributed by atoms with Gasteiger partial charge in [0.1, 0.15) is 17.3 Å². The maximum Gasteiger partial charge on any atom is 0.191 e. The van der Waals surface area contributed by atoms with E-state index in [1.54, 1.807) is 30.7 Å². The summed E-state index contributed by atoms with van der Waals surface area (Å²) in [6.45, 7) is 0. The van der Waals surface area contributed by atoms with Gasteiger partial charge in [-0.25, -0.2) is 13.8 Å². The van der Waals surface area contributed by atoms with E-state index in [1.807, 2.05) is 6.07 Å². The summed E-state index contributed by atoms with van der Waals surface area (Å²) >= 11 is 0. The third-order valence-corrected chi connectivity index (χ3v) is 3.95. The van der Waals surface area contributed by atoms with E-state index in [0.717, 1.165) is 22.4 Å². The summed E-state index contributed by atoms with van der Waals surface area (Å²) in [5.74, 6) is -1.38. The first-order valence-electron chi connectivity index (χ1n) is 7.75. The predicted molar refractivity (Wildman–Crippen MR) is 94.4 cm³/mol. The summed E-state index contributed by atoms with van der Waals surface area (Å²) in [6.07, 6.45) is 4.87. The number of benzene rings is 1. The van der Waals surface area contributed by atoms with Gasteiger partial charge in [0.25, 0.3) is 0 Å². The normalized spacial score (nSPS) is 10.9. The quantitative estimate of drug-likeness (QED) is 0.533. The minimum absolute atomic E-state index is 0.0712. The lowest BCUT2D eigenvalue weighted by atomic mass is 10.1. The third-order valence-electron chi connectivity index (χ3n) is 3.95. The molecule has 134 valence electrons. The lowest BCUT2D eigenvalue weighted by Crippen LogP contribution is -2.09. The minimum Gasteiger partial charge on any atom is -0.395 e. The Morgan fingerprint density at radius 3 is 2.56 bits per heavy atom. The van der Waals surface area contributed by atoms with Crippen LogP contribution in [0.1, 0.15) is 0 Å². The van der Waals surface area contributed by atoms with Gasteiger partial charge >= 0.3 is 0 Å². The average molecular weight is 366 g/mol. The SMILES string of the molecule is Nc1ncc(-c2cccnc2)cc1-c1nnnn1-c1c(F)ccc(F)c1N. The number of nitrogen functional groups attached to an aromatic ring is 2. The van der Waals surface area contributed by atoms with Crippen LogP contribution in [0.2, 0.25) is 0 Å². The minimum atomic E-state index is -0.789. The van der Waals surface area contributed by atoms with Crippen molar-refractivity contribution in [3.63, 3.8) is 0 Å². The van der Waals surface area contributed by atoms with Crippen LogP contribution in [0.3, 0.4) is 0 Å². The molecule has 0 aliphatic heterocycles. The second kappa shape index (κ2) is 6.41. The van der Waals surface area contributed by atoms with Crippen LogP contribution in [0.4, 0.5) is 20.3 Å². The molecule has 27 heavy (non-hydrogen) atoms. The van der Waals surface area contributed by atoms with E-state index in [-0.39, 0.29) is 17.3 Å². The molecular weight excluding hydrogens is 354 g/mol. The monoisotopic (exact) mass is 366 g/mol. The van der Waals surface area contributed by atoms with Crippen LogP contribution in [-0.2, 0) is 0 Å². The predicted octanol–water partition coefficient (Wildman–Crippen LogP) is 2.23. The van der Waals surface area contributed by atoms with Gasteiger partial charge in [0, 0.05) is 29.7 Å². The molecule has 3 aromatic heterocycles. The molecule has 0 saturated heterocycles. The van der Waals surface area contributed by atoms with E-state index >= 15 is 0 Å². The molecule has 4 rings (SSSR count). The maximum absolute atomic E-state index is 14.3. The molecule has 0 unspecified atom stereocenters. The fraction of sp³-hybridized carbons (Fsp3) is 0. The Balaban J connectivity index is 1.91. The number of anilines is 2. The Labute approximate surface area is 151 Å². The fourth-order valence-corrected chi connectivity index (χ4v) is 2.62. The zero-order valence-corrected chi connectivity index (χ0v) is 13.7. The van der Waals surface area contributed by atoms with E-state index in [2.05, 4.69) is 25.5 Å². The summed E-state index contributed by atoms with van der Waals surface area (Å²) < 4.78 is 29.1. The maximum atomic E-state index is 14.3. The van der Waals surface area contributed by atoms with Crippen molar-refractivity contribution in [2.75, 3.05) is 11.5 Å². The van der Waals surface area contributed by atoms with E-state index < -0.39 is 17.3 Å². The molecule has 10 heteroatoms. The lowest BCUT2D eigenvalue weighted by Gasteiger charge is -2.11. The highest BCUT2D eigenvalue weighted by atomic mass is 19.1. The zero-order valence-electron chi connectivity index (χ0n) is 13.7. The highest BCUT2D eigenvalue weighted by Crippen LogP contribution is 2.31. The van der Waals surface area contributed by atoms with Crippen molar-refractivity contribution in [1.82, 2.24) is 30.2 Å². The van der Waals surface area contributed by atoms with Gasteiger partial charge in [-0.15, -0.1) is 5.10 Å². The van der Waals surface area contributed by atoms with Crippen LogP contribution < -0.4 is 11.5 Å². The molecule has 4 N–H and O–H groups in total. The summed E-state index contributed by atoms with van der Waals surface area (Å²) in [4.78, 5) is 8.21. The van der Waals surface area contributed by atoms with Crippen molar-refractivity contribution in [2.24, 2.45) is 0 Å². The van der Waals surface area contributed by atoms with Crippen LogP contribution in [0.15, 0.2) is 48.9 Å². The van der Waals surface area contributed by atoms with Gasteiger partial charge in [0.05, 0.1) is 11.3 Å². The summed E-state index contributed by atoms with van der Waals surface area (Å²) in [6, 6.07) is 7.18. The number of rotatable bonds is 3. The van der Waals surface area contributed by atoms with Gasteiger partial charge in [-0.05, 0) is 34.7 Å². The molecular formula is C17H12F2N8. The number of nitrogens with zero attached hydrogens (tertiary/aromatic N) is 6. The molecule has 3 heterocycles. The van der Waals surface area contributed by atoms with Crippen LogP contribution in [0.5, 0.6) is 0 Å². The second-order valence-corrected chi connectivity index (χ2v) is 5.60. The summed E-state index contributed by atoms with van der Waals surface area (Å²) in [7, 11) is 0. The smallest absolute Gasteiger partial charge is 0.191 e. The van der Waals surface area contributed by atoms with E-state index in [9.17, 15) is 8.78 Å². The van der Waals surface area contributed by atoms with E-state index in [4.69, 9.17) is 11.5 Å². The Morgan fingerprint density at radius 2 is 1.78 bits per heavy atom. The fourth-order valence-electron chi connectivity index (χ4n) is 2.62. The van der Waals surface area contributed by atoms with E-state index in [0.29, 0.717) is 11.1 Å². The van der Waals surface area contributed by atoms with Crippen molar-refractivity contribution in [1.29, 1.82) is 0 Å². The van der Waals surface area contributed by atoms with Crippen molar-refractivity contribution in [2.45, 2.75) is 0 Å². The summed E-state index contributed by atoms with van der Waals surface area (Å²) in [5.41, 5.74) is 12.8. The molecule has 8 nitrogen and oxygen atoms in total. The first-order valence-corrected chi connectivity index (χ1v) is 7.75. The highest BCUT2D eigenvalue weighted by molar-refractivity contribution is 5.77. The second-order valence-electron chi connectivity index (χ2n) is 5.60. The molecule has 0 bridgehead atoms. The standard InChI is InChI=1S/C17H12F2N8/c18-12-3-4-13(19)15(14(12)20)27-17(24-25-26-27)11-6-10(8-23-16(11)21)9-2-1-5-22-7-9/h1-8H,20H2,(H2,21,23). The van der Waals surface area contributed by atoms with Gasteiger partial charge in [0.15, 0.2) is 11.6 Å². The van der Waals surface area contributed by atoms with Crippen LogP contribution in [0.25, 0.3) is 28.2 Å². The number of halogens is 2. The topological polar surface area (TPSA) is 121 Å². The number of nitrogens with two attached hydrogens (primary N) is 2. The molecule has 0 atom stereocenters. The molecule has 0 saturated carbocycles. The van der Waals surface area contributed by atoms with Crippen molar-refractivity contribution >= 4 is 11.5 Å². The number of hydrogen-bond donors (Lipinski definition) is 2. The Hall–Kier alpha value is -3.95. The van der Waals surface area contributed by atoms with Gasteiger partial charge < -0.3 is 11.5 Å². The molecule has 0 radical (unpaired) electrons.